The van der Waals surface area contributed by atoms with E-state index in [9.17, 15) is 0 Å². The van der Waals surface area contributed by atoms with Gasteiger partial charge in [-0.3, -0.25) is 0 Å². The fourth-order valence-corrected chi connectivity index (χ4v) is 9.29. The van der Waals surface area contributed by atoms with E-state index >= 15 is 0 Å². The van der Waals surface area contributed by atoms with Gasteiger partial charge in [0.25, 0.3) is 0 Å². The van der Waals surface area contributed by atoms with Crippen molar-refractivity contribution in [1.29, 1.82) is 0 Å². The number of rotatable bonds is 18. The molecule has 0 fully saturated rings. The van der Waals surface area contributed by atoms with Crippen LogP contribution in [0, 0.1) is 20.8 Å². The molecule has 0 bridgehead atoms. The summed E-state index contributed by atoms with van der Waals surface area (Å²) in [6.07, 6.45) is 25.4. The minimum atomic E-state index is 1.00. The zero-order valence-corrected chi connectivity index (χ0v) is 44.5. The minimum absolute atomic E-state index is 1.00. The fourth-order valence-electron chi connectivity index (χ4n) is 9.29. The van der Waals surface area contributed by atoms with Crippen molar-refractivity contribution < 1.29 is 0 Å². The highest BCUT2D eigenvalue weighted by Gasteiger charge is 2.22. The molecule has 0 saturated heterocycles. The summed E-state index contributed by atoms with van der Waals surface area (Å²) in [7, 11) is 0. The Kier molecular flexibility index (Phi) is 16.9. The molecule has 0 aromatic heterocycles. The summed E-state index contributed by atoms with van der Waals surface area (Å²) in [6.45, 7) is 6.43. The lowest BCUT2D eigenvalue weighted by molar-refractivity contribution is 1.22. The van der Waals surface area contributed by atoms with Crippen LogP contribution in [0.25, 0.3) is 36.5 Å². The van der Waals surface area contributed by atoms with Gasteiger partial charge >= 0.3 is 0 Å². The number of anilines is 9. The quantitative estimate of drug-likeness (QED) is 0.0793. The number of hydrogen-bond donors (Lipinski definition) is 0. The summed E-state index contributed by atoms with van der Waals surface area (Å²) in [5, 5.41) is 0. The summed E-state index contributed by atoms with van der Waals surface area (Å²) >= 11 is 0. The standard InChI is InChI=1S/C75H63N3/c1-58-31-43-67(44-32-58)76(70-49-37-64(38-50-70)28-16-13-25-61-19-7-4-8-20-61)73-55-74(77(68-45-33-59(2)34-46-68)71-51-39-65(40-52-71)29-17-14-26-62-21-9-5-10-22-62)57-75(56-73)78(69-47-35-60(3)36-48-69)72-53-41-66(42-54-72)30-18-15-27-63-23-11-6-12-24-63/h4-57H,1-3H3/b25-13+,26-14+,27-15+,28-16+,29-17+,30-18+. The van der Waals surface area contributed by atoms with Crippen LogP contribution in [0.4, 0.5) is 51.2 Å². The summed E-state index contributed by atoms with van der Waals surface area (Å²) in [6, 6.07) is 91.3. The van der Waals surface area contributed by atoms with E-state index in [1.807, 2.05) is 18.2 Å². The second kappa shape index (κ2) is 25.5. The average molecular weight is 1010 g/mol. The lowest BCUT2D eigenvalue weighted by Crippen LogP contribution is -2.16. The van der Waals surface area contributed by atoms with E-state index < -0.39 is 0 Å². The first-order valence-corrected chi connectivity index (χ1v) is 26.6. The third-order valence-electron chi connectivity index (χ3n) is 13.5. The van der Waals surface area contributed by atoms with E-state index in [1.54, 1.807) is 0 Å². The van der Waals surface area contributed by atoms with Crippen molar-refractivity contribution >= 4 is 87.6 Å². The van der Waals surface area contributed by atoms with Gasteiger partial charge in [-0.15, -0.1) is 0 Å². The van der Waals surface area contributed by atoms with E-state index in [2.05, 4.69) is 345 Å². The smallest absolute Gasteiger partial charge is 0.0503 e. The number of allylic oxidation sites excluding steroid dienone is 6. The highest BCUT2D eigenvalue weighted by Crippen LogP contribution is 2.46. The van der Waals surface area contributed by atoms with Crippen molar-refractivity contribution in [3.8, 4) is 0 Å². The Labute approximate surface area is 462 Å². The Morgan fingerprint density at radius 2 is 0.372 bits per heavy atom. The maximum Gasteiger partial charge on any atom is 0.0503 e. The molecule has 3 heteroatoms. The number of hydrogen-bond acceptors (Lipinski definition) is 3. The van der Waals surface area contributed by atoms with Crippen LogP contribution in [0.1, 0.15) is 50.1 Å². The number of benzene rings is 10. The van der Waals surface area contributed by atoms with Gasteiger partial charge in [0.2, 0.25) is 0 Å². The third-order valence-corrected chi connectivity index (χ3v) is 13.5. The van der Waals surface area contributed by atoms with Crippen LogP contribution in [-0.4, -0.2) is 0 Å². The van der Waals surface area contributed by atoms with Crippen molar-refractivity contribution in [2.45, 2.75) is 20.8 Å². The lowest BCUT2D eigenvalue weighted by atomic mass is 10.1. The van der Waals surface area contributed by atoms with Gasteiger partial charge in [0.05, 0.1) is 17.1 Å². The SMILES string of the molecule is Cc1ccc(N(c2ccc(/C=C/C=C/c3ccccc3)cc2)c2cc(N(c3ccc(C)cc3)c3ccc(/C=C/C=C/c4ccccc4)cc3)cc(N(c3ccc(C)cc3)c3ccc(/C=C/C=C/c4ccccc4)cc3)c2)cc1. The Balaban J connectivity index is 1.11. The molecule has 0 heterocycles. The maximum absolute atomic E-state index is 2.38. The lowest BCUT2D eigenvalue weighted by Gasteiger charge is -2.33. The molecule has 0 aliphatic rings. The topological polar surface area (TPSA) is 9.72 Å². The molecule has 0 aliphatic carbocycles. The van der Waals surface area contributed by atoms with Crippen LogP contribution in [0.5, 0.6) is 0 Å². The van der Waals surface area contributed by atoms with Crippen LogP contribution in [0.3, 0.4) is 0 Å². The Hall–Kier alpha value is -9.96. The molecule has 10 aromatic rings. The zero-order valence-electron chi connectivity index (χ0n) is 44.5. The van der Waals surface area contributed by atoms with Crippen LogP contribution in [-0.2, 0) is 0 Å². The largest absolute Gasteiger partial charge is 0.310 e. The first-order valence-electron chi connectivity index (χ1n) is 26.6. The van der Waals surface area contributed by atoms with Crippen molar-refractivity contribution in [3.63, 3.8) is 0 Å². The normalized spacial score (nSPS) is 11.7. The molecule has 10 aromatic carbocycles. The summed E-state index contributed by atoms with van der Waals surface area (Å²) in [4.78, 5) is 7.14. The molecule has 0 amide bonds. The van der Waals surface area contributed by atoms with Gasteiger partial charge in [0, 0.05) is 34.1 Å². The molecule has 3 nitrogen and oxygen atoms in total. The molecule has 378 valence electrons. The third kappa shape index (κ3) is 13.7. The molecule has 0 unspecified atom stereocenters. The Morgan fingerprint density at radius 1 is 0.192 bits per heavy atom. The molecule has 10 rings (SSSR count). The molecule has 0 saturated carbocycles. The highest BCUT2D eigenvalue weighted by atomic mass is 15.2. The van der Waals surface area contributed by atoms with E-state index in [4.69, 9.17) is 0 Å². The number of aryl methyl sites for hydroxylation is 3. The van der Waals surface area contributed by atoms with Crippen LogP contribution in [0.2, 0.25) is 0 Å². The van der Waals surface area contributed by atoms with Gasteiger partial charge in [-0.25, -0.2) is 0 Å². The predicted molar refractivity (Wildman–Crippen MR) is 338 cm³/mol. The van der Waals surface area contributed by atoms with E-state index in [1.165, 1.54) is 33.4 Å². The second-order valence-electron chi connectivity index (χ2n) is 19.4. The highest BCUT2D eigenvalue weighted by molar-refractivity contribution is 5.90. The molecule has 0 spiro atoms. The van der Waals surface area contributed by atoms with Gasteiger partial charge in [0.1, 0.15) is 0 Å². The molecule has 0 aliphatic heterocycles. The molecular weight excluding hydrogens is 943 g/mol. The molecular formula is C75H63N3. The van der Waals surface area contributed by atoms with Gasteiger partial charge in [-0.05, 0) is 145 Å². The Morgan fingerprint density at radius 3 is 0.577 bits per heavy atom. The van der Waals surface area contributed by atoms with Gasteiger partial charge in [0.15, 0.2) is 0 Å². The fraction of sp³-hybridized carbons (Fsp3) is 0.0400. The molecule has 78 heavy (non-hydrogen) atoms. The zero-order chi connectivity index (χ0) is 53.3. The van der Waals surface area contributed by atoms with Crippen molar-refractivity contribution in [1.82, 2.24) is 0 Å². The van der Waals surface area contributed by atoms with Crippen molar-refractivity contribution in [2.24, 2.45) is 0 Å². The molecule has 0 radical (unpaired) electrons. The minimum Gasteiger partial charge on any atom is -0.310 e. The Bertz CT molecular complexity index is 3270. The van der Waals surface area contributed by atoms with E-state index in [-0.39, 0.29) is 0 Å². The average Bonchev–Trinajstić information content (AvgIpc) is 3.53. The summed E-state index contributed by atoms with van der Waals surface area (Å²) < 4.78 is 0. The predicted octanol–water partition coefficient (Wildman–Crippen LogP) is 21.2. The van der Waals surface area contributed by atoms with Gasteiger partial charge < -0.3 is 14.7 Å². The van der Waals surface area contributed by atoms with E-state index in [0.717, 1.165) is 67.9 Å². The van der Waals surface area contributed by atoms with Crippen molar-refractivity contribution in [3.05, 3.63) is 341 Å². The summed E-state index contributed by atoms with van der Waals surface area (Å²) in [5.74, 6) is 0. The van der Waals surface area contributed by atoms with E-state index in [0.29, 0.717) is 0 Å². The molecule has 0 N–H and O–H groups in total. The molecule has 0 atom stereocenters. The maximum atomic E-state index is 2.38. The van der Waals surface area contributed by atoms with Gasteiger partial charge in [-0.2, -0.15) is 0 Å². The van der Waals surface area contributed by atoms with Gasteiger partial charge in [-0.1, -0.05) is 253 Å². The second-order valence-corrected chi connectivity index (χ2v) is 19.4. The summed E-state index contributed by atoms with van der Waals surface area (Å²) in [5.41, 5.74) is 19.7. The van der Waals surface area contributed by atoms with Crippen LogP contribution < -0.4 is 14.7 Å². The first kappa shape index (κ1) is 51.5. The van der Waals surface area contributed by atoms with Crippen molar-refractivity contribution in [2.75, 3.05) is 14.7 Å². The first-order chi connectivity index (χ1) is 38.4. The van der Waals surface area contributed by atoms with Crippen LogP contribution in [0.15, 0.2) is 291 Å². The van der Waals surface area contributed by atoms with Crippen LogP contribution >= 0.6 is 0 Å². The number of nitrogens with zero attached hydrogens (tertiary/aromatic N) is 3. The monoisotopic (exact) mass is 1010 g/mol.